The van der Waals surface area contributed by atoms with Crippen LogP contribution in [0.5, 0.6) is 0 Å². The zero-order chi connectivity index (χ0) is 11.3. The molecule has 1 aliphatic heterocycles. The lowest BCUT2D eigenvalue weighted by molar-refractivity contribution is -0.144. The molecular weight excluding hydrogens is 192 g/mol. The Morgan fingerprint density at radius 2 is 1.87 bits per heavy atom. The van der Waals surface area contributed by atoms with Crippen LogP contribution in [0.1, 0.15) is 26.7 Å². The van der Waals surface area contributed by atoms with Crippen LogP contribution in [-0.4, -0.2) is 59.6 Å². The molecule has 1 aliphatic rings. The van der Waals surface area contributed by atoms with Gasteiger partial charge in [-0.2, -0.15) is 0 Å². The summed E-state index contributed by atoms with van der Waals surface area (Å²) in [5.74, 6) is -0.665. The first kappa shape index (κ1) is 12.5. The van der Waals surface area contributed by atoms with E-state index in [1.54, 1.807) is 0 Å². The van der Waals surface area contributed by atoms with Crippen LogP contribution in [0, 0.1) is 0 Å². The van der Waals surface area contributed by atoms with Gasteiger partial charge in [0.05, 0.1) is 0 Å². The van der Waals surface area contributed by atoms with E-state index in [1.165, 1.54) is 0 Å². The highest BCUT2D eigenvalue weighted by Gasteiger charge is 2.27. The molecule has 1 heterocycles. The Hall–Kier alpha value is -0.610. The maximum absolute atomic E-state index is 11.1. The second kappa shape index (κ2) is 6.08. The summed E-state index contributed by atoms with van der Waals surface area (Å²) < 4.78 is 0. The van der Waals surface area contributed by atoms with E-state index >= 15 is 0 Å². The Bertz CT molecular complexity index is 201. The van der Waals surface area contributed by atoms with Crippen molar-refractivity contribution in [2.24, 2.45) is 0 Å². The number of hydrogen-bond acceptors (Lipinski definition) is 3. The molecule has 0 aliphatic carbocycles. The lowest BCUT2D eigenvalue weighted by atomic mass is 10.1. The standard InChI is InChI=1S/C11H22N2O2/c1-3-5-10(11(14)15)13-8-6-12(4-2)7-9-13/h10H,3-9H2,1-2H3,(H,14,15). The number of carboxylic acids is 1. The summed E-state index contributed by atoms with van der Waals surface area (Å²) in [5.41, 5.74) is 0. The summed E-state index contributed by atoms with van der Waals surface area (Å²) in [6.45, 7) is 9.05. The molecule has 1 rings (SSSR count). The quantitative estimate of drug-likeness (QED) is 0.738. The van der Waals surface area contributed by atoms with Gasteiger partial charge in [-0.25, -0.2) is 0 Å². The fourth-order valence-electron chi connectivity index (χ4n) is 2.13. The third-order valence-corrected chi connectivity index (χ3v) is 3.14. The third kappa shape index (κ3) is 3.47. The predicted molar refractivity (Wildman–Crippen MR) is 60.0 cm³/mol. The van der Waals surface area contributed by atoms with Crippen molar-refractivity contribution in [2.45, 2.75) is 32.7 Å². The maximum Gasteiger partial charge on any atom is 0.320 e. The third-order valence-electron chi connectivity index (χ3n) is 3.14. The summed E-state index contributed by atoms with van der Waals surface area (Å²) in [7, 11) is 0. The van der Waals surface area contributed by atoms with Crippen molar-refractivity contribution in [3.8, 4) is 0 Å². The Balaban J connectivity index is 2.45. The van der Waals surface area contributed by atoms with Gasteiger partial charge in [0.25, 0.3) is 0 Å². The second-order valence-electron chi connectivity index (χ2n) is 4.11. The van der Waals surface area contributed by atoms with E-state index in [4.69, 9.17) is 5.11 Å². The number of carbonyl (C=O) groups is 1. The van der Waals surface area contributed by atoms with Crippen LogP contribution in [0.25, 0.3) is 0 Å². The van der Waals surface area contributed by atoms with Crippen LogP contribution in [0.15, 0.2) is 0 Å². The first-order valence-electron chi connectivity index (χ1n) is 5.88. The van der Waals surface area contributed by atoms with Crippen molar-refractivity contribution in [2.75, 3.05) is 32.7 Å². The Kier molecular flexibility index (Phi) is 5.05. The molecule has 0 aromatic heterocycles. The van der Waals surface area contributed by atoms with Crippen LogP contribution in [-0.2, 0) is 4.79 Å². The smallest absolute Gasteiger partial charge is 0.320 e. The molecule has 1 atom stereocenters. The number of rotatable bonds is 5. The summed E-state index contributed by atoms with van der Waals surface area (Å²) in [6, 6.07) is -0.269. The number of likely N-dealkylation sites (N-methyl/N-ethyl adjacent to an activating group) is 1. The first-order valence-corrected chi connectivity index (χ1v) is 5.88. The maximum atomic E-state index is 11.1. The van der Waals surface area contributed by atoms with E-state index in [1.807, 2.05) is 6.92 Å². The van der Waals surface area contributed by atoms with Gasteiger partial charge in [-0.1, -0.05) is 20.3 Å². The highest BCUT2D eigenvalue weighted by Crippen LogP contribution is 2.11. The molecule has 1 unspecified atom stereocenters. The lowest BCUT2D eigenvalue weighted by Crippen LogP contribution is -2.52. The van der Waals surface area contributed by atoms with Gasteiger partial charge in [0.2, 0.25) is 0 Å². The van der Waals surface area contributed by atoms with Gasteiger partial charge in [0, 0.05) is 26.2 Å². The molecule has 0 saturated carbocycles. The SMILES string of the molecule is CCCC(C(=O)O)N1CCN(CC)CC1. The van der Waals surface area contributed by atoms with Crippen LogP contribution in [0.2, 0.25) is 0 Å². The molecule has 1 saturated heterocycles. The largest absolute Gasteiger partial charge is 0.480 e. The Morgan fingerprint density at radius 1 is 1.27 bits per heavy atom. The van der Waals surface area contributed by atoms with E-state index in [2.05, 4.69) is 16.7 Å². The monoisotopic (exact) mass is 214 g/mol. The van der Waals surface area contributed by atoms with E-state index < -0.39 is 5.97 Å². The molecule has 0 radical (unpaired) electrons. The summed E-state index contributed by atoms with van der Waals surface area (Å²) in [4.78, 5) is 15.6. The van der Waals surface area contributed by atoms with Gasteiger partial charge >= 0.3 is 5.97 Å². The minimum absolute atomic E-state index is 0.269. The molecule has 0 amide bonds. The molecule has 4 nitrogen and oxygen atoms in total. The number of nitrogens with zero attached hydrogens (tertiary/aromatic N) is 2. The minimum atomic E-state index is -0.665. The summed E-state index contributed by atoms with van der Waals surface area (Å²) in [6.07, 6.45) is 1.70. The van der Waals surface area contributed by atoms with Gasteiger partial charge in [0.15, 0.2) is 0 Å². The van der Waals surface area contributed by atoms with Crippen molar-refractivity contribution in [1.29, 1.82) is 0 Å². The van der Waals surface area contributed by atoms with Crippen LogP contribution >= 0.6 is 0 Å². The highest BCUT2D eigenvalue weighted by atomic mass is 16.4. The molecule has 0 aromatic carbocycles. The van der Waals surface area contributed by atoms with Gasteiger partial charge in [-0.15, -0.1) is 0 Å². The molecular formula is C11H22N2O2. The Morgan fingerprint density at radius 3 is 2.27 bits per heavy atom. The lowest BCUT2D eigenvalue weighted by Gasteiger charge is -2.37. The molecule has 88 valence electrons. The average molecular weight is 214 g/mol. The molecule has 1 fully saturated rings. The van der Waals surface area contributed by atoms with E-state index in [-0.39, 0.29) is 6.04 Å². The minimum Gasteiger partial charge on any atom is -0.480 e. The van der Waals surface area contributed by atoms with E-state index in [0.717, 1.165) is 45.6 Å². The van der Waals surface area contributed by atoms with Crippen molar-refractivity contribution >= 4 is 5.97 Å². The van der Waals surface area contributed by atoms with Crippen molar-refractivity contribution in [3.05, 3.63) is 0 Å². The normalized spacial score (nSPS) is 21.5. The van der Waals surface area contributed by atoms with E-state index in [9.17, 15) is 4.79 Å². The van der Waals surface area contributed by atoms with Crippen molar-refractivity contribution in [3.63, 3.8) is 0 Å². The number of hydrogen-bond donors (Lipinski definition) is 1. The van der Waals surface area contributed by atoms with Gasteiger partial charge in [-0.05, 0) is 13.0 Å². The highest BCUT2D eigenvalue weighted by molar-refractivity contribution is 5.73. The van der Waals surface area contributed by atoms with Crippen LogP contribution < -0.4 is 0 Å². The molecule has 0 spiro atoms. The second-order valence-corrected chi connectivity index (χ2v) is 4.11. The topological polar surface area (TPSA) is 43.8 Å². The van der Waals surface area contributed by atoms with Crippen molar-refractivity contribution < 1.29 is 9.90 Å². The fourth-order valence-corrected chi connectivity index (χ4v) is 2.13. The molecule has 15 heavy (non-hydrogen) atoms. The van der Waals surface area contributed by atoms with Gasteiger partial charge < -0.3 is 10.0 Å². The molecule has 1 N–H and O–H groups in total. The van der Waals surface area contributed by atoms with Crippen LogP contribution in [0.3, 0.4) is 0 Å². The van der Waals surface area contributed by atoms with Crippen LogP contribution in [0.4, 0.5) is 0 Å². The van der Waals surface area contributed by atoms with Crippen molar-refractivity contribution in [1.82, 2.24) is 9.80 Å². The average Bonchev–Trinajstić information content (AvgIpc) is 2.26. The first-order chi connectivity index (χ1) is 7.19. The zero-order valence-electron chi connectivity index (χ0n) is 9.78. The van der Waals surface area contributed by atoms with Gasteiger partial charge in [0.1, 0.15) is 6.04 Å². The molecule has 0 bridgehead atoms. The number of aliphatic carboxylic acids is 1. The number of carboxylic acid groups (broad SMARTS) is 1. The number of piperazine rings is 1. The molecule has 0 aromatic rings. The van der Waals surface area contributed by atoms with E-state index in [0.29, 0.717) is 0 Å². The molecule has 4 heteroatoms. The zero-order valence-corrected chi connectivity index (χ0v) is 9.78. The Labute approximate surface area is 91.9 Å². The predicted octanol–water partition coefficient (Wildman–Crippen LogP) is 0.877. The van der Waals surface area contributed by atoms with Gasteiger partial charge in [-0.3, -0.25) is 9.69 Å². The fraction of sp³-hybridized carbons (Fsp3) is 0.909. The summed E-state index contributed by atoms with van der Waals surface area (Å²) >= 11 is 0. The summed E-state index contributed by atoms with van der Waals surface area (Å²) in [5, 5.41) is 9.12.